The Kier molecular flexibility index (Phi) is 5.05. The van der Waals surface area contributed by atoms with Crippen LogP contribution >= 0.6 is 27.3 Å². The van der Waals surface area contributed by atoms with E-state index in [1.807, 2.05) is 48.7 Å². The summed E-state index contributed by atoms with van der Waals surface area (Å²) in [6.07, 6.45) is 1.57. The van der Waals surface area contributed by atoms with Crippen LogP contribution in [0.4, 0.5) is 0 Å². The van der Waals surface area contributed by atoms with Crippen molar-refractivity contribution in [3.8, 4) is 5.75 Å². The number of aromatic nitrogens is 3. The molecule has 27 heavy (non-hydrogen) atoms. The van der Waals surface area contributed by atoms with Crippen LogP contribution in [-0.4, -0.2) is 14.5 Å². The highest BCUT2D eigenvalue weighted by Crippen LogP contribution is 2.17. The molecule has 0 unspecified atom stereocenters. The molecule has 0 spiro atoms. The Morgan fingerprint density at radius 2 is 2.00 bits per heavy atom. The molecule has 0 radical (unpaired) electrons. The molecule has 0 atom stereocenters. The fourth-order valence-electron chi connectivity index (χ4n) is 2.69. The lowest BCUT2D eigenvalue weighted by Crippen LogP contribution is -2.21. The molecule has 5 nitrogen and oxygen atoms in total. The Morgan fingerprint density at radius 1 is 1.19 bits per heavy atom. The molecule has 0 N–H and O–H groups in total. The molecule has 4 rings (SSSR count). The quantitative estimate of drug-likeness (QED) is 0.455. The van der Waals surface area contributed by atoms with Gasteiger partial charge in [0.2, 0.25) is 0 Å². The largest absolute Gasteiger partial charge is 0.486 e. The molecule has 0 fully saturated rings. The summed E-state index contributed by atoms with van der Waals surface area (Å²) in [5.41, 5.74) is 2.62. The van der Waals surface area contributed by atoms with Crippen LogP contribution in [0.1, 0.15) is 16.3 Å². The van der Waals surface area contributed by atoms with Gasteiger partial charge in [-0.25, -0.2) is 9.97 Å². The number of rotatable bonds is 5. The van der Waals surface area contributed by atoms with E-state index in [1.54, 1.807) is 17.0 Å². The van der Waals surface area contributed by atoms with Crippen LogP contribution < -0.4 is 10.3 Å². The van der Waals surface area contributed by atoms with Crippen LogP contribution in [0.2, 0.25) is 0 Å². The van der Waals surface area contributed by atoms with E-state index < -0.39 is 0 Å². The van der Waals surface area contributed by atoms with Crippen molar-refractivity contribution in [2.45, 2.75) is 20.1 Å². The number of fused-ring (bicyclic) bond motifs is 1. The van der Waals surface area contributed by atoms with Gasteiger partial charge in [0.1, 0.15) is 17.4 Å². The zero-order valence-electron chi connectivity index (χ0n) is 14.6. The summed E-state index contributed by atoms with van der Waals surface area (Å²) < 4.78 is 8.20. The predicted octanol–water partition coefficient (Wildman–Crippen LogP) is 4.55. The van der Waals surface area contributed by atoms with Gasteiger partial charge in [-0.2, -0.15) is 0 Å². The molecule has 0 aliphatic rings. The first kappa shape index (κ1) is 17.9. The molecule has 136 valence electrons. The normalized spacial score (nSPS) is 11.0. The molecule has 2 heterocycles. The molecule has 4 aromatic rings. The second-order valence-corrected chi connectivity index (χ2v) is 8.03. The van der Waals surface area contributed by atoms with Crippen molar-refractivity contribution in [1.29, 1.82) is 0 Å². The standard InChI is InChI=1S/C20H16BrN3O2S/c1-13-2-5-16(6-3-13)26-10-19-23-15(11-27-19)9-24-12-22-18-7-4-14(21)8-17(18)20(24)25/h2-8,11-12H,9-10H2,1H3. The van der Waals surface area contributed by atoms with Gasteiger partial charge in [0.05, 0.1) is 29.5 Å². The number of ether oxygens (including phenoxy) is 1. The molecule has 2 aromatic carbocycles. The summed E-state index contributed by atoms with van der Waals surface area (Å²) >= 11 is 4.92. The van der Waals surface area contributed by atoms with Crippen molar-refractivity contribution in [1.82, 2.24) is 14.5 Å². The van der Waals surface area contributed by atoms with Crippen LogP contribution in [0.5, 0.6) is 5.75 Å². The molecule has 0 bridgehead atoms. The Morgan fingerprint density at radius 3 is 2.81 bits per heavy atom. The first-order chi connectivity index (χ1) is 13.1. The highest BCUT2D eigenvalue weighted by atomic mass is 79.9. The smallest absolute Gasteiger partial charge is 0.261 e. The molecular weight excluding hydrogens is 426 g/mol. The molecule has 7 heteroatoms. The molecule has 0 saturated heterocycles. The molecule has 2 aromatic heterocycles. The number of nitrogens with zero attached hydrogens (tertiary/aromatic N) is 3. The topological polar surface area (TPSA) is 57.0 Å². The van der Waals surface area contributed by atoms with Gasteiger partial charge in [-0.1, -0.05) is 33.6 Å². The van der Waals surface area contributed by atoms with Gasteiger partial charge in [-0.15, -0.1) is 11.3 Å². The van der Waals surface area contributed by atoms with Gasteiger partial charge in [0.15, 0.2) is 0 Å². The molecule has 0 aliphatic heterocycles. The lowest BCUT2D eigenvalue weighted by atomic mass is 10.2. The number of benzene rings is 2. The lowest BCUT2D eigenvalue weighted by Gasteiger charge is -2.05. The van der Waals surface area contributed by atoms with E-state index in [-0.39, 0.29) is 5.56 Å². The zero-order chi connectivity index (χ0) is 18.8. The van der Waals surface area contributed by atoms with Crippen LogP contribution in [0.15, 0.2) is 63.4 Å². The van der Waals surface area contributed by atoms with Crippen molar-refractivity contribution in [2.75, 3.05) is 0 Å². The van der Waals surface area contributed by atoms with Crippen molar-refractivity contribution in [3.05, 3.63) is 85.3 Å². The fraction of sp³-hybridized carbons (Fsp3) is 0.150. The van der Waals surface area contributed by atoms with Crippen molar-refractivity contribution >= 4 is 38.2 Å². The summed E-state index contributed by atoms with van der Waals surface area (Å²) in [5.74, 6) is 0.817. The summed E-state index contributed by atoms with van der Waals surface area (Å²) in [5, 5.41) is 3.41. The van der Waals surface area contributed by atoms with E-state index in [0.29, 0.717) is 24.1 Å². The van der Waals surface area contributed by atoms with Crippen LogP contribution in [0.3, 0.4) is 0 Å². The number of halogens is 1. The first-order valence-corrected chi connectivity index (χ1v) is 10.0. The maximum Gasteiger partial charge on any atom is 0.261 e. The molecule has 0 amide bonds. The fourth-order valence-corrected chi connectivity index (χ4v) is 3.74. The Balaban J connectivity index is 1.49. The van der Waals surface area contributed by atoms with Crippen LogP contribution in [0, 0.1) is 6.92 Å². The van der Waals surface area contributed by atoms with E-state index in [1.165, 1.54) is 16.9 Å². The third-order valence-corrected chi connectivity index (χ3v) is 5.47. The summed E-state index contributed by atoms with van der Waals surface area (Å²) in [6, 6.07) is 13.4. The number of hydrogen-bond donors (Lipinski definition) is 0. The van der Waals surface area contributed by atoms with Gasteiger partial charge in [0.25, 0.3) is 5.56 Å². The minimum atomic E-state index is -0.0771. The molecule has 0 saturated carbocycles. The van der Waals surface area contributed by atoms with Gasteiger partial charge < -0.3 is 4.74 Å². The molecule has 0 aliphatic carbocycles. The zero-order valence-corrected chi connectivity index (χ0v) is 17.0. The van der Waals surface area contributed by atoms with Crippen molar-refractivity contribution in [3.63, 3.8) is 0 Å². The monoisotopic (exact) mass is 441 g/mol. The third kappa shape index (κ3) is 4.09. The first-order valence-electron chi connectivity index (χ1n) is 8.36. The highest BCUT2D eigenvalue weighted by molar-refractivity contribution is 9.10. The van der Waals surface area contributed by atoms with Gasteiger partial charge in [0, 0.05) is 9.85 Å². The van der Waals surface area contributed by atoms with Gasteiger partial charge in [-0.05, 0) is 37.3 Å². The van der Waals surface area contributed by atoms with E-state index in [4.69, 9.17) is 4.74 Å². The SMILES string of the molecule is Cc1ccc(OCc2nc(Cn3cnc4ccc(Br)cc4c3=O)cs2)cc1. The van der Waals surface area contributed by atoms with E-state index in [9.17, 15) is 4.79 Å². The average molecular weight is 442 g/mol. The minimum Gasteiger partial charge on any atom is -0.486 e. The lowest BCUT2D eigenvalue weighted by molar-refractivity contribution is 0.305. The predicted molar refractivity (Wildman–Crippen MR) is 110 cm³/mol. The Bertz CT molecular complexity index is 1150. The van der Waals surface area contributed by atoms with Crippen LogP contribution in [0.25, 0.3) is 10.9 Å². The van der Waals surface area contributed by atoms with E-state index in [2.05, 4.69) is 25.9 Å². The minimum absolute atomic E-state index is 0.0771. The summed E-state index contributed by atoms with van der Waals surface area (Å²) in [6.45, 7) is 2.83. The van der Waals surface area contributed by atoms with Crippen molar-refractivity contribution in [2.24, 2.45) is 0 Å². The Labute approximate surface area is 168 Å². The average Bonchev–Trinajstić information content (AvgIpc) is 3.11. The maximum absolute atomic E-state index is 12.7. The maximum atomic E-state index is 12.7. The van der Waals surface area contributed by atoms with Crippen molar-refractivity contribution < 1.29 is 4.74 Å². The number of aryl methyl sites for hydroxylation is 1. The second-order valence-electron chi connectivity index (χ2n) is 6.17. The third-order valence-electron chi connectivity index (χ3n) is 4.10. The number of thiazole rings is 1. The molecular formula is C20H16BrN3O2S. The summed E-state index contributed by atoms with van der Waals surface area (Å²) in [4.78, 5) is 21.6. The van der Waals surface area contributed by atoms with E-state index >= 15 is 0 Å². The van der Waals surface area contributed by atoms with Gasteiger partial charge >= 0.3 is 0 Å². The Hall–Kier alpha value is -2.51. The van der Waals surface area contributed by atoms with Crippen LogP contribution in [-0.2, 0) is 13.2 Å². The summed E-state index contributed by atoms with van der Waals surface area (Å²) in [7, 11) is 0. The van der Waals surface area contributed by atoms with E-state index in [0.717, 1.165) is 20.9 Å². The second kappa shape index (κ2) is 7.62. The highest BCUT2D eigenvalue weighted by Gasteiger charge is 2.08. The van der Waals surface area contributed by atoms with Gasteiger partial charge in [-0.3, -0.25) is 9.36 Å². The number of hydrogen-bond acceptors (Lipinski definition) is 5.